The van der Waals surface area contributed by atoms with Crippen molar-refractivity contribution in [2.24, 2.45) is 0 Å². The maximum atomic E-state index is 12.8. The number of benzene rings is 1. The second kappa shape index (κ2) is 5.36. The van der Waals surface area contributed by atoms with E-state index >= 15 is 0 Å². The molecule has 0 fully saturated rings. The highest BCUT2D eigenvalue weighted by atomic mass is 19.4. The molecule has 0 amide bonds. The zero-order chi connectivity index (χ0) is 14.8. The van der Waals surface area contributed by atoms with Gasteiger partial charge in [0.1, 0.15) is 5.82 Å². The fourth-order valence-electron chi connectivity index (χ4n) is 1.62. The number of aryl methyl sites for hydroxylation is 1. The Morgan fingerprint density at radius 3 is 2.40 bits per heavy atom. The summed E-state index contributed by atoms with van der Waals surface area (Å²) in [6.07, 6.45) is -4.52. The molecule has 0 aliphatic heterocycles. The van der Waals surface area contributed by atoms with Gasteiger partial charge in [0.25, 0.3) is 0 Å². The molecule has 0 spiro atoms. The van der Waals surface area contributed by atoms with Gasteiger partial charge in [-0.15, -0.1) is 0 Å². The lowest BCUT2D eigenvalue weighted by atomic mass is 10.2. The Labute approximate surface area is 114 Å². The summed E-state index contributed by atoms with van der Waals surface area (Å²) in [6, 6.07) is 8.14. The van der Waals surface area contributed by atoms with Crippen LogP contribution in [-0.2, 0) is 6.18 Å². The number of nitrogens with one attached hydrogen (secondary N) is 2. The van der Waals surface area contributed by atoms with E-state index in [1.165, 1.54) is 7.05 Å². The molecule has 0 aliphatic carbocycles. The first-order chi connectivity index (χ1) is 9.40. The zero-order valence-electron chi connectivity index (χ0n) is 10.9. The molecule has 1 aromatic carbocycles. The van der Waals surface area contributed by atoms with Crippen LogP contribution in [0, 0.1) is 6.92 Å². The van der Waals surface area contributed by atoms with Crippen molar-refractivity contribution in [3.8, 4) is 0 Å². The minimum absolute atomic E-state index is 0.0871. The molecule has 0 saturated carbocycles. The maximum Gasteiger partial charge on any atom is 0.433 e. The highest BCUT2D eigenvalue weighted by Gasteiger charge is 2.33. The van der Waals surface area contributed by atoms with Gasteiger partial charge in [0.05, 0.1) is 0 Å². The first-order valence-corrected chi connectivity index (χ1v) is 5.87. The summed E-state index contributed by atoms with van der Waals surface area (Å²) in [5, 5.41) is 5.39. The SMILES string of the molecule is CNc1nc(Nc2ccccc2C)cc(C(F)(F)F)n1. The number of hydrogen-bond acceptors (Lipinski definition) is 4. The van der Waals surface area contributed by atoms with Crippen molar-refractivity contribution in [1.82, 2.24) is 9.97 Å². The third-order valence-electron chi connectivity index (χ3n) is 2.65. The van der Waals surface area contributed by atoms with Crippen LogP contribution >= 0.6 is 0 Å². The first kappa shape index (κ1) is 14.1. The summed E-state index contributed by atoms with van der Waals surface area (Å²) in [5.41, 5.74) is 0.611. The highest BCUT2D eigenvalue weighted by molar-refractivity contribution is 5.61. The Morgan fingerprint density at radius 1 is 1.10 bits per heavy atom. The lowest BCUT2D eigenvalue weighted by Crippen LogP contribution is -2.12. The third-order valence-corrected chi connectivity index (χ3v) is 2.65. The van der Waals surface area contributed by atoms with Gasteiger partial charge >= 0.3 is 6.18 Å². The van der Waals surface area contributed by atoms with Crippen molar-refractivity contribution in [2.75, 3.05) is 17.7 Å². The second-order valence-electron chi connectivity index (χ2n) is 4.15. The number of hydrogen-bond donors (Lipinski definition) is 2. The molecule has 4 nitrogen and oxygen atoms in total. The van der Waals surface area contributed by atoms with Crippen LogP contribution in [0.2, 0.25) is 0 Å². The molecule has 1 heterocycles. The van der Waals surface area contributed by atoms with Crippen molar-refractivity contribution in [1.29, 1.82) is 0 Å². The van der Waals surface area contributed by atoms with E-state index in [0.717, 1.165) is 11.6 Å². The van der Waals surface area contributed by atoms with Crippen LogP contribution in [0.3, 0.4) is 0 Å². The molecule has 2 N–H and O–H groups in total. The van der Waals surface area contributed by atoms with E-state index in [-0.39, 0.29) is 11.8 Å². The normalized spacial score (nSPS) is 11.2. The largest absolute Gasteiger partial charge is 0.433 e. The quantitative estimate of drug-likeness (QED) is 0.903. The maximum absolute atomic E-state index is 12.8. The van der Waals surface area contributed by atoms with E-state index in [9.17, 15) is 13.2 Å². The van der Waals surface area contributed by atoms with E-state index in [1.807, 2.05) is 19.1 Å². The number of para-hydroxylation sites is 1. The summed E-state index contributed by atoms with van der Waals surface area (Å²) in [6.45, 7) is 1.85. The monoisotopic (exact) mass is 282 g/mol. The summed E-state index contributed by atoms with van der Waals surface area (Å²) in [5.74, 6) is 0.00174. The van der Waals surface area contributed by atoms with Gasteiger partial charge in [0.2, 0.25) is 5.95 Å². The Balaban J connectivity index is 2.39. The van der Waals surface area contributed by atoms with E-state index in [1.54, 1.807) is 12.1 Å². The van der Waals surface area contributed by atoms with Crippen molar-refractivity contribution in [2.45, 2.75) is 13.1 Å². The predicted octanol–water partition coefficient (Wildman–Crippen LogP) is 3.59. The van der Waals surface area contributed by atoms with Crippen LogP contribution in [0.4, 0.5) is 30.6 Å². The molecule has 2 rings (SSSR count). The fraction of sp³-hybridized carbons (Fsp3) is 0.231. The predicted molar refractivity (Wildman–Crippen MR) is 71.0 cm³/mol. The van der Waals surface area contributed by atoms with Crippen LogP contribution < -0.4 is 10.6 Å². The lowest BCUT2D eigenvalue weighted by molar-refractivity contribution is -0.141. The topological polar surface area (TPSA) is 49.8 Å². The average Bonchev–Trinajstić information content (AvgIpc) is 2.40. The Hall–Kier alpha value is -2.31. The molecular formula is C13H13F3N4. The molecule has 7 heteroatoms. The molecule has 0 radical (unpaired) electrons. The molecular weight excluding hydrogens is 269 g/mol. The van der Waals surface area contributed by atoms with Crippen LogP contribution in [0.25, 0.3) is 0 Å². The molecule has 0 unspecified atom stereocenters. The van der Waals surface area contributed by atoms with E-state index in [0.29, 0.717) is 5.69 Å². The number of aromatic nitrogens is 2. The molecule has 0 atom stereocenters. The first-order valence-electron chi connectivity index (χ1n) is 5.87. The molecule has 0 bridgehead atoms. The van der Waals surface area contributed by atoms with Gasteiger partial charge in [-0.1, -0.05) is 18.2 Å². The molecule has 1 aromatic heterocycles. The van der Waals surface area contributed by atoms with Crippen molar-refractivity contribution < 1.29 is 13.2 Å². The van der Waals surface area contributed by atoms with E-state index in [2.05, 4.69) is 20.6 Å². The van der Waals surface area contributed by atoms with Gasteiger partial charge in [0, 0.05) is 18.8 Å². The van der Waals surface area contributed by atoms with E-state index < -0.39 is 11.9 Å². The summed E-state index contributed by atoms with van der Waals surface area (Å²) in [7, 11) is 1.47. The van der Waals surface area contributed by atoms with E-state index in [4.69, 9.17) is 0 Å². The van der Waals surface area contributed by atoms with Crippen LogP contribution in [-0.4, -0.2) is 17.0 Å². The van der Waals surface area contributed by atoms with Gasteiger partial charge < -0.3 is 10.6 Å². The van der Waals surface area contributed by atoms with Crippen LogP contribution in [0.15, 0.2) is 30.3 Å². The Kier molecular flexibility index (Phi) is 3.78. The number of anilines is 3. The molecule has 2 aromatic rings. The van der Waals surface area contributed by atoms with Crippen molar-refractivity contribution >= 4 is 17.5 Å². The van der Waals surface area contributed by atoms with Crippen molar-refractivity contribution in [3.63, 3.8) is 0 Å². The Morgan fingerprint density at radius 2 is 1.80 bits per heavy atom. The number of rotatable bonds is 3. The van der Waals surface area contributed by atoms with Crippen LogP contribution in [0.5, 0.6) is 0 Å². The number of alkyl halides is 3. The fourth-order valence-corrected chi connectivity index (χ4v) is 1.62. The number of nitrogens with zero attached hydrogens (tertiary/aromatic N) is 2. The third kappa shape index (κ3) is 3.17. The second-order valence-corrected chi connectivity index (χ2v) is 4.15. The van der Waals surface area contributed by atoms with Gasteiger partial charge in [-0.25, -0.2) is 4.98 Å². The summed E-state index contributed by atoms with van der Waals surface area (Å²) in [4.78, 5) is 7.37. The highest BCUT2D eigenvalue weighted by Crippen LogP contribution is 2.30. The summed E-state index contributed by atoms with van der Waals surface area (Å²) < 4.78 is 38.3. The standard InChI is InChI=1S/C13H13F3N4/c1-8-5-3-4-6-9(8)18-11-7-10(13(14,15)16)19-12(17-2)20-11/h3-7H,1-2H3,(H2,17,18,19,20). The lowest BCUT2D eigenvalue weighted by Gasteiger charge is -2.12. The summed E-state index contributed by atoms with van der Waals surface area (Å²) >= 11 is 0. The van der Waals surface area contributed by atoms with Gasteiger partial charge in [0.15, 0.2) is 5.69 Å². The van der Waals surface area contributed by atoms with Crippen LogP contribution in [0.1, 0.15) is 11.3 Å². The zero-order valence-corrected chi connectivity index (χ0v) is 10.9. The van der Waals surface area contributed by atoms with Crippen molar-refractivity contribution in [3.05, 3.63) is 41.6 Å². The minimum Gasteiger partial charge on any atom is -0.357 e. The molecule has 20 heavy (non-hydrogen) atoms. The Bertz CT molecular complexity index is 611. The molecule has 106 valence electrons. The minimum atomic E-state index is -4.52. The van der Waals surface area contributed by atoms with Gasteiger partial charge in [-0.2, -0.15) is 18.2 Å². The van der Waals surface area contributed by atoms with Gasteiger partial charge in [-0.3, -0.25) is 0 Å². The smallest absolute Gasteiger partial charge is 0.357 e. The molecule has 0 aliphatic rings. The average molecular weight is 282 g/mol. The van der Waals surface area contributed by atoms with Gasteiger partial charge in [-0.05, 0) is 18.6 Å². The molecule has 0 saturated heterocycles. The number of halogens is 3.